The highest BCUT2D eigenvalue weighted by Crippen LogP contribution is 2.33. The molecule has 1 aromatic carbocycles. The minimum Gasteiger partial charge on any atom is -0.372 e. The van der Waals surface area contributed by atoms with Crippen molar-refractivity contribution in [1.29, 1.82) is 0 Å². The van der Waals surface area contributed by atoms with Gasteiger partial charge in [-0.05, 0) is 68.4 Å². The van der Waals surface area contributed by atoms with E-state index in [4.69, 9.17) is 0 Å². The van der Waals surface area contributed by atoms with E-state index >= 15 is 0 Å². The van der Waals surface area contributed by atoms with Crippen LogP contribution >= 0.6 is 0 Å². The van der Waals surface area contributed by atoms with Gasteiger partial charge in [0, 0.05) is 31.5 Å². The van der Waals surface area contributed by atoms with Crippen LogP contribution < -0.4 is 5.32 Å². The number of benzene rings is 1. The summed E-state index contributed by atoms with van der Waals surface area (Å²) in [4.78, 5) is 19.5. The van der Waals surface area contributed by atoms with E-state index in [1.54, 1.807) is 6.92 Å². The number of hydrogen-bond donors (Lipinski definition) is 1. The SMILES string of the molecule is C=C(/C=C\C(=C/C)N1CCC(c2ccc(C)cc2)CC1)CNC(=O)c1c(CC)nc2c(C(F)(F)F)cccn12. The zero-order valence-electron chi connectivity index (χ0n) is 22.7. The second-order valence-corrected chi connectivity index (χ2v) is 9.93. The molecule has 0 radical (unpaired) electrons. The predicted octanol–water partition coefficient (Wildman–Crippen LogP) is 6.85. The fourth-order valence-electron chi connectivity index (χ4n) is 5.06. The molecule has 1 amide bonds. The summed E-state index contributed by atoms with van der Waals surface area (Å²) in [7, 11) is 0. The maximum absolute atomic E-state index is 13.5. The molecular weight excluding hydrogens is 501 g/mol. The van der Waals surface area contributed by atoms with Crippen LogP contribution in [0, 0.1) is 6.92 Å². The summed E-state index contributed by atoms with van der Waals surface area (Å²) in [6.45, 7) is 12.0. The molecule has 0 saturated carbocycles. The number of halogens is 3. The van der Waals surface area contributed by atoms with E-state index in [2.05, 4.69) is 59.0 Å². The minimum absolute atomic E-state index is 0.112. The molecule has 0 atom stereocenters. The summed E-state index contributed by atoms with van der Waals surface area (Å²) >= 11 is 0. The molecule has 0 aliphatic carbocycles. The van der Waals surface area contributed by atoms with E-state index < -0.39 is 17.6 Å². The molecule has 1 fully saturated rings. The molecular formula is C31H35F3N4O. The number of aryl methyl sites for hydroxylation is 2. The van der Waals surface area contributed by atoms with Crippen molar-refractivity contribution in [3.63, 3.8) is 0 Å². The van der Waals surface area contributed by atoms with E-state index in [1.807, 2.05) is 19.1 Å². The zero-order chi connectivity index (χ0) is 28.2. The lowest BCUT2D eigenvalue weighted by Crippen LogP contribution is -2.31. The fourth-order valence-corrected chi connectivity index (χ4v) is 5.06. The van der Waals surface area contributed by atoms with Crippen LogP contribution in [0.1, 0.15) is 65.5 Å². The van der Waals surface area contributed by atoms with Gasteiger partial charge in [0.05, 0.1) is 11.3 Å². The van der Waals surface area contributed by atoms with Gasteiger partial charge in [0.1, 0.15) is 11.3 Å². The third-order valence-electron chi connectivity index (χ3n) is 7.25. The van der Waals surface area contributed by atoms with E-state index in [9.17, 15) is 18.0 Å². The van der Waals surface area contributed by atoms with Crippen molar-refractivity contribution in [3.05, 3.63) is 107 Å². The van der Waals surface area contributed by atoms with Crippen molar-refractivity contribution in [2.45, 2.75) is 52.1 Å². The number of carbonyl (C=O) groups is 1. The van der Waals surface area contributed by atoms with Gasteiger partial charge in [0.2, 0.25) is 0 Å². The monoisotopic (exact) mass is 536 g/mol. The molecule has 8 heteroatoms. The average molecular weight is 537 g/mol. The fraction of sp³-hybridized carbons (Fsp3) is 0.355. The number of rotatable bonds is 8. The second kappa shape index (κ2) is 11.9. The molecule has 206 valence electrons. The van der Waals surface area contributed by atoms with Gasteiger partial charge in [-0.2, -0.15) is 13.2 Å². The van der Waals surface area contributed by atoms with Gasteiger partial charge in [-0.15, -0.1) is 0 Å². The molecule has 1 aliphatic rings. The Kier molecular flexibility index (Phi) is 8.63. The smallest absolute Gasteiger partial charge is 0.372 e. The summed E-state index contributed by atoms with van der Waals surface area (Å²) in [6, 6.07) is 11.1. The van der Waals surface area contributed by atoms with Crippen LogP contribution in [0.2, 0.25) is 0 Å². The molecule has 1 saturated heterocycles. The molecule has 0 spiro atoms. The topological polar surface area (TPSA) is 49.6 Å². The molecule has 3 heterocycles. The Morgan fingerprint density at radius 1 is 1.15 bits per heavy atom. The number of likely N-dealkylation sites (tertiary alicyclic amines) is 1. The van der Waals surface area contributed by atoms with Crippen molar-refractivity contribution in [3.8, 4) is 0 Å². The quantitative estimate of drug-likeness (QED) is 0.321. The lowest BCUT2D eigenvalue weighted by molar-refractivity contribution is -0.136. The Labute approximate surface area is 227 Å². The summed E-state index contributed by atoms with van der Waals surface area (Å²) in [5, 5.41) is 2.79. The minimum atomic E-state index is -4.56. The highest BCUT2D eigenvalue weighted by atomic mass is 19.4. The Morgan fingerprint density at radius 3 is 2.46 bits per heavy atom. The maximum Gasteiger partial charge on any atom is 0.419 e. The highest BCUT2D eigenvalue weighted by Gasteiger charge is 2.35. The molecule has 0 unspecified atom stereocenters. The van der Waals surface area contributed by atoms with Crippen LogP contribution in [0.5, 0.6) is 0 Å². The number of hydrogen-bond acceptors (Lipinski definition) is 3. The third kappa shape index (κ3) is 6.44. The maximum atomic E-state index is 13.5. The summed E-state index contributed by atoms with van der Waals surface area (Å²) < 4.78 is 41.6. The van der Waals surface area contributed by atoms with Gasteiger partial charge < -0.3 is 10.2 Å². The van der Waals surface area contributed by atoms with E-state index in [-0.39, 0.29) is 17.9 Å². The number of nitrogens with one attached hydrogen (secondary N) is 1. The normalized spacial score (nSPS) is 15.3. The van der Waals surface area contributed by atoms with Crippen molar-refractivity contribution < 1.29 is 18.0 Å². The first-order chi connectivity index (χ1) is 18.6. The zero-order valence-corrected chi connectivity index (χ0v) is 22.7. The lowest BCUT2D eigenvalue weighted by atomic mass is 9.89. The lowest BCUT2D eigenvalue weighted by Gasteiger charge is -2.34. The molecule has 4 rings (SSSR count). The van der Waals surface area contributed by atoms with Crippen molar-refractivity contribution >= 4 is 11.6 Å². The first kappa shape index (κ1) is 28.2. The van der Waals surface area contributed by atoms with Crippen molar-refractivity contribution in [2.75, 3.05) is 19.6 Å². The summed E-state index contributed by atoms with van der Waals surface area (Å²) in [5.41, 5.74) is 3.74. The molecule has 2 aromatic heterocycles. The Morgan fingerprint density at radius 2 is 1.85 bits per heavy atom. The molecule has 39 heavy (non-hydrogen) atoms. The third-order valence-corrected chi connectivity index (χ3v) is 7.25. The van der Waals surface area contributed by atoms with Gasteiger partial charge in [0.25, 0.3) is 5.91 Å². The number of pyridine rings is 1. The largest absolute Gasteiger partial charge is 0.419 e. The highest BCUT2D eigenvalue weighted by molar-refractivity contribution is 5.95. The number of piperidine rings is 1. The van der Waals surface area contributed by atoms with Crippen molar-refractivity contribution in [2.24, 2.45) is 0 Å². The molecule has 0 bridgehead atoms. The van der Waals surface area contributed by atoms with Gasteiger partial charge in [-0.3, -0.25) is 9.20 Å². The number of alkyl halides is 3. The van der Waals surface area contributed by atoms with Crippen LogP contribution in [0.4, 0.5) is 13.2 Å². The summed E-state index contributed by atoms with van der Waals surface area (Å²) in [5.74, 6) is 0.0756. The van der Waals surface area contributed by atoms with Gasteiger partial charge in [0.15, 0.2) is 0 Å². The molecule has 5 nitrogen and oxygen atoms in total. The van der Waals surface area contributed by atoms with E-state index in [0.717, 1.165) is 37.7 Å². The number of nitrogens with zero attached hydrogens (tertiary/aromatic N) is 3. The van der Waals surface area contributed by atoms with E-state index in [0.29, 0.717) is 23.6 Å². The van der Waals surface area contributed by atoms with Gasteiger partial charge in [-0.25, -0.2) is 4.98 Å². The number of amides is 1. The number of fused-ring (bicyclic) bond motifs is 1. The Hall–Kier alpha value is -3.81. The van der Waals surface area contributed by atoms with Gasteiger partial charge in [-0.1, -0.05) is 55.5 Å². The van der Waals surface area contributed by atoms with Crippen molar-refractivity contribution in [1.82, 2.24) is 19.6 Å². The predicted molar refractivity (Wildman–Crippen MR) is 149 cm³/mol. The Balaban J connectivity index is 1.36. The first-order valence-corrected chi connectivity index (χ1v) is 13.3. The van der Waals surface area contributed by atoms with Crippen LogP contribution in [0.3, 0.4) is 0 Å². The van der Waals surface area contributed by atoms with Gasteiger partial charge >= 0.3 is 6.18 Å². The number of aromatic nitrogens is 2. The molecule has 1 aliphatic heterocycles. The molecule has 3 aromatic rings. The number of imidazole rings is 1. The number of allylic oxidation sites excluding steroid dienone is 2. The standard InChI is InChI=1S/C31H35F3N4O/c1-5-25(37-18-15-24(16-19-37)23-12-9-21(3)10-13-23)14-11-22(4)20-35-30(39)28-27(6-2)36-29-26(31(32,33)34)8-7-17-38(28)29/h5,7-14,17,24H,4,6,15-16,18-20H2,1-3H3,(H,35,39)/b14-11-,25-5+. The van der Waals surface area contributed by atoms with E-state index in [1.165, 1.54) is 27.8 Å². The average Bonchev–Trinajstić information content (AvgIpc) is 3.31. The van der Waals surface area contributed by atoms with Crippen LogP contribution in [0.15, 0.2) is 78.7 Å². The number of carbonyl (C=O) groups excluding carboxylic acids is 1. The van der Waals surface area contributed by atoms with Crippen LogP contribution in [0.25, 0.3) is 5.65 Å². The first-order valence-electron chi connectivity index (χ1n) is 13.3. The second-order valence-electron chi connectivity index (χ2n) is 9.93. The molecule has 1 N–H and O–H groups in total. The Bertz CT molecular complexity index is 1390. The van der Waals surface area contributed by atoms with Crippen LogP contribution in [-0.2, 0) is 12.6 Å². The summed E-state index contributed by atoms with van der Waals surface area (Å²) in [6.07, 6.45) is 5.31. The van der Waals surface area contributed by atoms with Crippen LogP contribution in [-0.4, -0.2) is 39.8 Å².